The van der Waals surface area contributed by atoms with Crippen molar-refractivity contribution in [2.75, 3.05) is 13.4 Å². The highest BCUT2D eigenvalue weighted by Gasteiger charge is 2.17. The predicted octanol–water partition coefficient (Wildman–Crippen LogP) is 1.64. The molecule has 0 aliphatic heterocycles. The smallest absolute Gasteiger partial charge is 0.343 e. The summed E-state index contributed by atoms with van der Waals surface area (Å²) in [6.45, 7) is 0. The summed E-state index contributed by atoms with van der Waals surface area (Å²) >= 11 is 7.03. The molecule has 0 saturated heterocycles. The number of carbonyl (C=O) groups excluding carboxylic acids is 1. The van der Waals surface area contributed by atoms with E-state index in [-0.39, 0.29) is 10.7 Å². The van der Waals surface area contributed by atoms with Gasteiger partial charge in [0.05, 0.1) is 7.11 Å². The molecule has 1 aromatic heterocycles. The van der Waals surface area contributed by atoms with Gasteiger partial charge in [-0.25, -0.2) is 14.8 Å². The molecule has 0 amide bonds. The molecule has 0 saturated carbocycles. The number of aromatic nitrogens is 2. The lowest BCUT2D eigenvalue weighted by atomic mass is 10.3. The molecule has 0 aliphatic rings. The van der Waals surface area contributed by atoms with Gasteiger partial charge in [-0.3, -0.25) is 0 Å². The molecule has 13 heavy (non-hydrogen) atoms. The van der Waals surface area contributed by atoms with Crippen LogP contribution in [0.1, 0.15) is 10.4 Å². The van der Waals surface area contributed by atoms with Crippen LogP contribution < -0.4 is 0 Å². The maximum Gasteiger partial charge on any atom is 0.343 e. The highest BCUT2D eigenvalue weighted by Crippen LogP contribution is 2.23. The molecule has 1 rings (SSSR count). The van der Waals surface area contributed by atoms with Crippen LogP contribution in [0.4, 0.5) is 0 Å². The molecule has 0 aliphatic carbocycles. The average Bonchev–Trinajstić information content (AvgIpc) is 2.16. The van der Waals surface area contributed by atoms with Gasteiger partial charge in [-0.05, 0) is 6.26 Å². The highest BCUT2D eigenvalue weighted by molar-refractivity contribution is 7.98. The molecule has 0 aromatic carbocycles. The van der Waals surface area contributed by atoms with Crippen LogP contribution in [0.15, 0.2) is 11.4 Å². The number of rotatable bonds is 2. The summed E-state index contributed by atoms with van der Waals surface area (Å²) < 4.78 is 4.54. The third-order valence-electron chi connectivity index (χ3n) is 1.35. The van der Waals surface area contributed by atoms with Crippen LogP contribution in [0.25, 0.3) is 0 Å². The van der Waals surface area contributed by atoms with E-state index in [4.69, 9.17) is 11.6 Å². The van der Waals surface area contributed by atoms with E-state index < -0.39 is 5.97 Å². The molecule has 1 aromatic rings. The second kappa shape index (κ2) is 4.43. The second-order valence-corrected chi connectivity index (χ2v) is 3.19. The molecule has 6 heteroatoms. The summed E-state index contributed by atoms with van der Waals surface area (Å²) in [4.78, 5) is 18.8. The van der Waals surface area contributed by atoms with Gasteiger partial charge in [0, 0.05) is 0 Å². The zero-order valence-corrected chi connectivity index (χ0v) is 8.65. The Morgan fingerprint density at radius 2 is 2.31 bits per heavy atom. The van der Waals surface area contributed by atoms with Crippen molar-refractivity contribution < 1.29 is 9.53 Å². The zero-order valence-electron chi connectivity index (χ0n) is 7.07. The Morgan fingerprint density at radius 1 is 1.62 bits per heavy atom. The number of methoxy groups -OCH3 is 1. The average molecular weight is 219 g/mol. The number of nitrogens with zero attached hydrogens (tertiary/aromatic N) is 2. The summed E-state index contributed by atoms with van der Waals surface area (Å²) in [5, 5.41) is 0.637. The van der Waals surface area contributed by atoms with Crippen LogP contribution in [0.2, 0.25) is 5.15 Å². The van der Waals surface area contributed by atoms with Crippen LogP contribution in [0.5, 0.6) is 0 Å². The first kappa shape index (κ1) is 10.3. The third kappa shape index (κ3) is 2.10. The number of hydrogen-bond donors (Lipinski definition) is 0. The molecule has 70 valence electrons. The van der Waals surface area contributed by atoms with E-state index in [1.807, 2.05) is 0 Å². The van der Waals surface area contributed by atoms with Crippen molar-refractivity contribution in [3.05, 3.63) is 17.0 Å². The first-order chi connectivity index (χ1) is 6.20. The molecule has 0 atom stereocenters. The van der Waals surface area contributed by atoms with Crippen molar-refractivity contribution in [2.45, 2.75) is 5.03 Å². The summed E-state index contributed by atoms with van der Waals surface area (Å²) in [5.74, 6) is -0.519. The fraction of sp³-hybridized carbons (Fsp3) is 0.286. The van der Waals surface area contributed by atoms with Gasteiger partial charge in [0.15, 0.2) is 0 Å². The monoisotopic (exact) mass is 218 g/mol. The largest absolute Gasteiger partial charge is 0.465 e. The summed E-state index contributed by atoms with van der Waals surface area (Å²) in [6, 6.07) is 0. The van der Waals surface area contributed by atoms with Gasteiger partial charge in [0.1, 0.15) is 22.1 Å². The van der Waals surface area contributed by atoms with Crippen molar-refractivity contribution in [3.8, 4) is 0 Å². The molecule has 0 N–H and O–H groups in total. The Hall–Kier alpha value is -0.810. The first-order valence-corrected chi connectivity index (χ1v) is 4.93. The van der Waals surface area contributed by atoms with Gasteiger partial charge in [-0.15, -0.1) is 11.8 Å². The van der Waals surface area contributed by atoms with Crippen molar-refractivity contribution in [1.29, 1.82) is 0 Å². The van der Waals surface area contributed by atoms with Crippen molar-refractivity contribution >= 4 is 29.3 Å². The molecular weight excluding hydrogens is 212 g/mol. The van der Waals surface area contributed by atoms with E-state index in [0.29, 0.717) is 5.03 Å². The molecule has 4 nitrogen and oxygen atoms in total. The molecule has 0 bridgehead atoms. The molecule has 0 spiro atoms. The number of ether oxygens (including phenoxy) is 1. The minimum atomic E-state index is -0.519. The number of esters is 1. The fourth-order valence-corrected chi connectivity index (χ4v) is 1.58. The van der Waals surface area contributed by atoms with Gasteiger partial charge >= 0.3 is 5.97 Å². The molecule has 0 radical (unpaired) electrons. The normalized spacial score (nSPS) is 9.77. The minimum absolute atomic E-state index is 0.117. The minimum Gasteiger partial charge on any atom is -0.465 e. The summed E-state index contributed by atoms with van der Waals surface area (Å²) in [6.07, 6.45) is 3.10. The Balaban J connectivity index is 3.22. The number of carbonyl (C=O) groups is 1. The number of halogens is 1. The lowest BCUT2D eigenvalue weighted by Gasteiger charge is -2.04. The molecule has 1 heterocycles. The van der Waals surface area contributed by atoms with Crippen LogP contribution in [0, 0.1) is 0 Å². The van der Waals surface area contributed by atoms with E-state index in [0.717, 1.165) is 0 Å². The fourth-order valence-electron chi connectivity index (χ4n) is 0.778. The molecule has 0 fully saturated rings. The van der Waals surface area contributed by atoms with E-state index in [2.05, 4.69) is 14.7 Å². The Bertz CT molecular complexity index is 332. The van der Waals surface area contributed by atoms with Crippen molar-refractivity contribution in [3.63, 3.8) is 0 Å². The second-order valence-electron chi connectivity index (χ2n) is 2.04. The topological polar surface area (TPSA) is 52.1 Å². The molecule has 0 unspecified atom stereocenters. The Morgan fingerprint density at radius 3 is 2.85 bits per heavy atom. The quantitative estimate of drug-likeness (QED) is 0.429. The van der Waals surface area contributed by atoms with Crippen LogP contribution in [-0.2, 0) is 4.74 Å². The van der Waals surface area contributed by atoms with Crippen LogP contribution in [0.3, 0.4) is 0 Å². The Labute approximate surface area is 84.7 Å². The maximum absolute atomic E-state index is 11.2. The van der Waals surface area contributed by atoms with Crippen molar-refractivity contribution in [1.82, 2.24) is 9.97 Å². The molecular formula is C7H7ClN2O2S. The van der Waals surface area contributed by atoms with E-state index in [1.165, 1.54) is 25.2 Å². The maximum atomic E-state index is 11.2. The van der Waals surface area contributed by atoms with Gasteiger partial charge in [-0.1, -0.05) is 11.6 Å². The van der Waals surface area contributed by atoms with Crippen LogP contribution >= 0.6 is 23.4 Å². The predicted molar refractivity (Wildman–Crippen MR) is 50.2 cm³/mol. The van der Waals surface area contributed by atoms with Gasteiger partial charge in [0.2, 0.25) is 0 Å². The van der Waals surface area contributed by atoms with E-state index >= 15 is 0 Å². The lowest BCUT2D eigenvalue weighted by Crippen LogP contribution is -2.06. The van der Waals surface area contributed by atoms with Crippen molar-refractivity contribution in [2.24, 2.45) is 0 Å². The van der Waals surface area contributed by atoms with E-state index in [1.54, 1.807) is 6.26 Å². The Kier molecular flexibility index (Phi) is 3.50. The number of hydrogen-bond acceptors (Lipinski definition) is 5. The lowest BCUT2D eigenvalue weighted by molar-refractivity contribution is 0.0595. The van der Waals surface area contributed by atoms with E-state index in [9.17, 15) is 4.79 Å². The summed E-state index contributed by atoms with van der Waals surface area (Å²) in [5.41, 5.74) is 0.221. The number of thioether (sulfide) groups is 1. The van der Waals surface area contributed by atoms with Gasteiger partial charge in [0.25, 0.3) is 0 Å². The third-order valence-corrected chi connectivity index (χ3v) is 2.33. The SMILES string of the molecule is COC(=O)c1c(Cl)ncnc1SC. The van der Waals surface area contributed by atoms with Crippen LogP contribution in [-0.4, -0.2) is 29.3 Å². The van der Waals surface area contributed by atoms with Gasteiger partial charge in [-0.2, -0.15) is 0 Å². The zero-order chi connectivity index (χ0) is 9.84. The standard InChI is InChI=1S/C7H7ClN2O2S/c1-12-7(11)4-5(8)9-3-10-6(4)13-2/h3H,1-2H3. The summed E-state index contributed by atoms with van der Waals surface area (Å²) in [7, 11) is 1.29. The van der Waals surface area contributed by atoms with Gasteiger partial charge < -0.3 is 4.74 Å². The first-order valence-electron chi connectivity index (χ1n) is 3.33. The highest BCUT2D eigenvalue weighted by atomic mass is 35.5.